The first-order valence-electron chi connectivity index (χ1n) is 10.2. The van der Waals surface area contributed by atoms with Gasteiger partial charge in [0.1, 0.15) is 21.0 Å². The van der Waals surface area contributed by atoms with Crippen LogP contribution in [0.4, 0.5) is 0 Å². The van der Waals surface area contributed by atoms with Gasteiger partial charge in [-0.25, -0.2) is 0 Å². The van der Waals surface area contributed by atoms with Gasteiger partial charge >= 0.3 is 5.97 Å². The molecule has 0 saturated heterocycles. The number of hydrogen-bond acceptors (Lipinski definition) is 3. The minimum absolute atomic E-state index is 0.0177. The molecule has 0 N–H and O–H groups in total. The highest BCUT2D eigenvalue weighted by atomic mass is 127. The number of hydrogen-bond donors (Lipinski definition) is 0. The number of alkyl halides is 1. The first kappa shape index (κ1) is 18.6. The van der Waals surface area contributed by atoms with Gasteiger partial charge in [0.05, 0.1) is 0 Å². The number of esters is 1. The van der Waals surface area contributed by atoms with E-state index in [0.717, 1.165) is 42.3 Å². The maximum absolute atomic E-state index is 11.9. The largest absolute Gasteiger partial charge is 0.487 e. The lowest BCUT2D eigenvalue weighted by Gasteiger charge is -2.42. The van der Waals surface area contributed by atoms with Crippen LogP contribution in [0, 0.1) is 23.7 Å². The lowest BCUT2D eigenvalue weighted by Crippen LogP contribution is -2.45. The fraction of sp³-hybridized carbons (Fsp3) is 0.682. The smallest absolute Gasteiger partial charge is 0.324 e. The van der Waals surface area contributed by atoms with Crippen LogP contribution in [0.2, 0.25) is 0 Å². The van der Waals surface area contributed by atoms with Crippen molar-refractivity contribution in [2.75, 3.05) is 0 Å². The molecule has 0 radical (unpaired) electrons. The zero-order chi connectivity index (χ0) is 18.3. The number of benzene rings is 1. The predicted octanol–water partition coefficient (Wildman–Crippen LogP) is 5.79. The van der Waals surface area contributed by atoms with Crippen LogP contribution in [0.15, 0.2) is 24.3 Å². The third-order valence-corrected chi connectivity index (χ3v) is 8.55. The van der Waals surface area contributed by atoms with Gasteiger partial charge in [0.2, 0.25) is 0 Å². The molecule has 26 heavy (non-hydrogen) atoms. The van der Waals surface area contributed by atoms with E-state index in [0.29, 0.717) is 5.75 Å². The summed E-state index contributed by atoms with van der Waals surface area (Å²) in [5.74, 6) is 4.82. The Bertz CT molecular complexity index is 658. The number of fused-ring (bicyclic) bond motifs is 5. The van der Waals surface area contributed by atoms with Gasteiger partial charge in [-0.1, -0.05) is 42.9 Å². The third kappa shape index (κ3) is 3.16. The van der Waals surface area contributed by atoms with E-state index in [-0.39, 0.29) is 15.5 Å². The monoisotopic (exact) mass is 468 g/mol. The van der Waals surface area contributed by atoms with Gasteiger partial charge < -0.3 is 9.47 Å². The van der Waals surface area contributed by atoms with E-state index in [2.05, 4.69) is 29.5 Å². The molecule has 0 amide bonds. The van der Waals surface area contributed by atoms with Crippen molar-refractivity contribution in [3.05, 3.63) is 24.3 Å². The van der Waals surface area contributed by atoms with Crippen molar-refractivity contribution >= 4 is 28.6 Å². The fourth-order valence-corrected chi connectivity index (χ4v) is 6.09. The SMILES string of the molecule is CCC(I)C(=O)Oc1ccc(OC2(CC)CC3CC2C2CCCC32)cc1. The van der Waals surface area contributed by atoms with Crippen LogP contribution in [0.5, 0.6) is 11.5 Å². The summed E-state index contributed by atoms with van der Waals surface area (Å²) >= 11 is 2.13. The van der Waals surface area contributed by atoms with Crippen molar-refractivity contribution in [3.8, 4) is 11.5 Å². The Labute approximate surface area is 170 Å². The van der Waals surface area contributed by atoms with Gasteiger partial charge in [0, 0.05) is 5.92 Å². The van der Waals surface area contributed by atoms with Crippen LogP contribution in [-0.2, 0) is 4.79 Å². The molecule has 6 unspecified atom stereocenters. The zero-order valence-corrected chi connectivity index (χ0v) is 17.9. The average Bonchev–Trinajstić information content (AvgIpc) is 3.34. The van der Waals surface area contributed by atoms with Crippen molar-refractivity contribution in [2.24, 2.45) is 23.7 Å². The summed E-state index contributed by atoms with van der Waals surface area (Å²) in [4.78, 5) is 11.9. The second-order valence-electron chi connectivity index (χ2n) is 8.35. The Hall–Kier alpha value is -0.780. The molecule has 2 bridgehead atoms. The molecule has 3 saturated carbocycles. The lowest BCUT2D eigenvalue weighted by molar-refractivity contribution is -0.133. The van der Waals surface area contributed by atoms with Gasteiger partial charge in [-0.05, 0) is 80.5 Å². The molecule has 3 aliphatic rings. The molecule has 3 aliphatic carbocycles. The van der Waals surface area contributed by atoms with Crippen LogP contribution < -0.4 is 9.47 Å². The maximum atomic E-state index is 11.9. The van der Waals surface area contributed by atoms with Crippen molar-refractivity contribution < 1.29 is 14.3 Å². The molecule has 3 nitrogen and oxygen atoms in total. The Balaban J connectivity index is 1.44. The topological polar surface area (TPSA) is 35.5 Å². The van der Waals surface area contributed by atoms with E-state index in [1.54, 1.807) is 0 Å². The fourth-order valence-electron chi connectivity index (χ4n) is 5.97. The average molecular weight is 468 g/mol. The molecule has 142 valence electrons. The number of halogens is 1. The highest BCUT2D eigenvalue weighted by Crippen LogP contribution is 2.64. The summed E-state index contributed by atoms with van der Waals surface area (Å²) in [5, 5.41) is 0. The van der Waals surface area contributed by atoms with Gasteiger partial charge in [-0.3, -0.25) is 4.79 Å². The number of ether oxygens (including phenoxy) is 2. The summed E-state index contributed by atoms with van der Waals surface area (Å²) in [7, 11) is 0. The van der Waals surface area contributed by atoms with Crippen LogP contribution in [0.1, 0.15) is 58.8 Å². The van der Waals surface area contributed by atoms with Gasteiger partial charge in [-0.15, -0.1) is 0 Å². The molecule has 0 heterocycles. The molecule has 0 spiro atoms. The molecule has 6 atom stereocenters. The molecule has 0 aliphatic heterocycles. The van der Waals surface area contributed by atoms with E-state index in [4.69, 9.17) is 9.47 Å². The Morgan fingerprint density at radius 2 is 1.88 bits per heavy atom. The summed E-state index contributed by atoms with van der Waals surface area (Å²) < 4.78 is 12.0. The summed E-state index contributed by atoms with van der Waals surface area (Å²) in [5.41, 5.74) is 0.0177. The molecular weight excluding hydrogens is 439 g/mol. The van der Waals surface area contributed by atoms with Gasteiger partial charge in [-0.2, -0.15) is 0 Å². The summed E-state index contributed by atoms with van der Waals surface area (Å²) in [6.45, 7) is 4.27. The first-order valence-corrected chi connectivity index (χ1v) is 11.5. The van der Waals surface area contributed by atoms with Crippen molar-refractivity contribution in [1.82, 2.24) is 0 Å². The van der Waals surface area contributed by atoms with Crippen LogP contribution >= 0.6 is 22.6 Å². The van der Waals surface area contributed by atoms with Crippen molar-refractivity contribution in [1.29, 1.82) is 0 Å². The van der Waals surface area contributed by atoms with Crippen molar-refractivity contribution in [3.63, 3.8) is 0 Å². The van der Waals surface area contributed by atoms with Crippen LogP contribution in [0.25, 0.3) is 0 Å². The predicted molar refractivity (Wildman–Crippen MR) is 111 cm³/mol. The summed E-state index contributed by atoms with van der Waals surface area (Å²) in [6, 6.07) is 7.65. The molecular formula is C22H29IO3. The second-order valence-corrected chi connectivity index (χ2v) is 9.86. The van der Waals surface area contributed by atoms with Crippen LogP contribution in [-0.4, -0.2) is 15.5 Å². The number of rotatable bonds is 6. The normalized spacial score (nSPS) is 36.0. The Morgan fingerprint density at radius 1 is 1.19 bits per heavy atom. The van der Waals surface area contributed by atoms with E-state index in [9.17, 15) is 4.79 Å². The molecule has 1 aromatic rings. The zero-order valence-electron chi connectivity index (χ0n) is 15.7. The summed E-state index contributed by atoms with van der Waals surface area (Å²) in [6.07, 6.45) is 8.72. The van der Waals surface area contributed by atoms with E-state index >= 15 is 0 Å². The van der Waals surface area contributed by atoms with Crippen LogP contribution in [0.3, 0.4) is 0 Å². The molecule has 0 aromatic heterocycles. The second kappa shape index (κ2) is 7.33. The highest BCUT2D eigenvalue weighted by molar-refractivity contribution is 14.1. The van der Waals surface area contributed by atoms with Crippen molar-refractivity contribution in [2.45, 2.75) is 68.3 Å². The van der Waals surface area contributed by atoms with E-state index in [1.165, 1.54) is 32.1 Å². The quantitative estimate of drug-likeness (QED) is 0.230. The minimum Gasteiger partial charge on any atom is -0.487 e. The minimum atomic E-state index is -0.174. The number of carbonyl (C=O) groups excluding carboxylic acids is 1. The molecule has 1 aromatic carbocycles. The Kier molecular flexibility index (Phi) is 5.23. The third-order valence-electron chi connectivity index (χ3n) is 7.16. The molecule has 4 rings (SSSR count). The maximum Gasteiger partial charge on any atom is 0.324 e. The molecule has 3 fully saturated rings. The highest BCUT2D eigenvalue weighted by Gasteiger charge is 2.61. The first-order chi connectivity index (χ1) is 12.6. The van der Waals surface area contributed by atoms with E-state index < -0.39 is 0 Å². The molecule has 4 heteroatoms. The lowest BCUT2D eigenvalue weighted by atomic mass is 9.71. The van der Waals surface area contributed by atoms with Gasteiger partial charge in [0.25, 0.3) is 0 Å². The Morgan fingerprint density at radius 3 is 2.58 bits per heavy atom. The van der Waals surface area contributed by atoms with Gasteiger partial charge in [0.15, 0.2) is 0 Å². The number of carbonyl (C=O) groups is 1. The van der Waals surface area contributed by atoms with E-state index in [1.807, 2.05) is 31.2 Å². The standard InChI is InChI=1S/C22H29IO3/c1-3-20(23)21(24)25-15-8-10-16(11-9-15)26-22(4-2)13-14-12-19(22)18-7-5-6-17(14)18/h8-11,14,17-20H,3-7,12-13H2,1-2H3.